The zero-order valence-corrected chi connectivity index (χ0v) is 21.8. The molecule has 0 atom stereocenters. The highest BCUT2D eigenvalue weighted by Crippen LogP contribution is 2.30. The molecule has 1 N–H and O–H groups in total. The molecule has 1 amide bonds. The van der Waals surface area contributed by atoms with Crippen LogP contribution in [0.15, 0.2) is 99.2 Å². The van der Waals surface area contributed by atoms with Crippen molar-refractivity contribution in [3.63, 3.8) is 0 Å². The van der Waals surface area contributed by atoms with Crippen LogP contribution < -0.4 is 5.32 Å². The number of carbonyl (C=O) groups is 2. The Hall–Kier alpha value is -3.95. The van der Waals surface area contributed by atoms with Crippen molar-refractivity contribution < 1.29 is 14.0 Å². The normalized spacial score (nSPS) is 11.4. The van der Waals surface area contributed by atoms with Crippen molar-refractivity contribution in [1.82, 2.24) is 19.7 Å². The van der Waals surface area contributed by atoms with Crippen LogP contribution in [0.4, 0.5) is 0 Å². The van der Waals surface area contributed by atoms with Gasteiger partial charge in [-0.05, 0) is 54.6 Å². The average Bonchev–Trinajstić information content (AvgIpc) is 3.58. The first-order valence-electron chi connectivity index (χ1n) is 11.5. The molecular formula is C28H19BrN4O3S. The van der Waals surface area contributed by atoms with Crippen molar-refractivity contribution in [3.8, 4) is 0 Å². The predicted octanol–water partition coefficient (Wildman–Crippen LogP) is 6.30. The van der Waals surface area contributed by atoms with Gasteiger partial charge >= 0.3 is 0 Å². The zero-order chi connectivity index (χ0) is 25.4. The molecule has 182 valence electrons. The largest absolute Gasteiger partial charge is 0.467 e. The first kappa shape index (κ1) is 23.4. The van der Waals surface area contributed by atoms with Gasteiger partial charge in [0.15, 0.2) is 10.9 Å². The maximum atomic E-state index is 12.9. The Morgan fingerprint density at radius 2 is 1.73 bits per heavy atom. The molecule has 0 radical (unpaired) electrons. The monoisotopic (exact) mass is 570 g/mol. The minimum atomic E-state index is -0.229. The Balaban J connectivity index is 1.38. The molecule has 0 aliphatic heterocycles. The highest BCUT2D eigenvalue weighted by molar-refractivity contribution is 9.10. The van der Waals surface area contributed by atoms with Crippen LogP contribution in [0.3, 0.4) is 0 Å². The quantitative estimate of drug-likeness (QED) is 0.138. The van der Waals surface area contributed by atoms with Crippen LogP contribution in [-0.2, 0) is 6.54 Å². The number of benzene rings is 3. The maximum Gasteiger partial charge on any atom is 0.251 e. The molecule has 0 spiro atoms. The topological polar surface area (TPSA) is 89.5 Å². The highest BCUT2D eigenvalue weighted by Gasteiger charge is 2.17. The number of rotatable bonds is 7. The summed E-state index contributed by atoms with van der Waals surface area (Å²) < 4.78 is 8.20. The van der Waals surface area contributed by atoms with Crippen LogP contribution in [0.2, 0.25) is 0 Å². The third-order valence-corrected chi connectivity index (χ3v) is 7.44. The summed E-state index contributed by atoms with van der Waals surface area (Å²) in [5, 5.41) is 4.32. The fourth-order valence-electron chi connectivity index (χ4n) is 4.14. The fraction of sp³-hybridized carbons (Fsp3) is 0.0714. The van der Waals surface area contributed by atoms with Gasteiger partial charge < -0.3 is 9.73 Å². The molecule has 6 aromatic rings. The maximum absolute atomic E-state index is 12.9. The Labute approximate surface area is 224 Å². The van der Waals surface area contributed by atoms with E-state index in [4.69, 9.17) is 14.4 Å². The molecule has 0 aliphatic rings. The number of halogens is 1. The lowest BCUT2D eigenvalue weighted by atomic mass is 10.1. The molecule has 0 saturated heterocycles. The first-order valence-corrected chi connectivity index (χ1v) is 13.3. The van der Waals surface area contributed by atoms with E-state index in [0.717, 1.165) is 26.5 Å². The van der Waals surface area contributed by atoms with E-state index in [2.05, 4.69) is 21.2 Å². The van der Waals surface area contributed by atoms with Crippen LogP contribution in [0.5, 0.6) is 0 Å². The summed E-state index contributed by atoms with van der Waals surface area (Å²) in [6.07, 6.45) is 1.57. The van der Waals surface area contributed by atoms with E-state index in [-0.39, 0.29) is 17.4 Å². The molecule has 3 heterocycles. The smallest absolute Gasteiger partial charge is 0.251 e. The van der Waals surface area contributed by atoms with Crippen molar-refractivity contribution in [2.45, 2.75) is 11.7 Å². The first-order chi connectivity index (χ1) is 18.1. The molecule has 3 aromatic heterocycles. The average molecular weight is 571 g/mol. The van der Waals surface area contributed by atoms with Crippen LogP contribution in [0.25, 0.3) is 27.6 Å². The molecule has 0 unspecified atom stereocenters. The third kappa shape index (κ3) is 4.63. The SMILES string of the molecule is O=C(CSc1nc2cc(C(=O)NCc3ccco3)ccc2c2nc3ccccc3n12)c1ccc(Br)cc1. The van der Waals surface area contributed by atoms with Crippen LogP contribution in [-0.4, -0.2) is 31.8 Å². The zero-order valence-electron chi connectivity index (χ0n) is 19.3. The fourth-order valence-corrected chi connectivity index (χ4v) is 5.30. The standard InChI is InChI=1S/C28H19BrN4O3S/c29-19-10-7-17(8-11-19)25(34)16-37-28-32-23-14-18(27(35)30-15-20-4-3-13-36-20)9-12-21(23)26-31-22-5-1-2-6-24(22)33(26)28/h1-14H,15-16H2,(H,30,35). The third-order valence-electron chi connectivity index (χ3n) is 5.97. The number of ketones is 1. The van der Waals surface area contributed by atoms with Gasteiger partial charge in [0.2, 0.25) is 0 Å². The lowest BCUT2D eigenvalue weighted by Crippen LogP contribution is -2.22. The van der Waals surface area contributed by atoms with Gasteiger partial charge in [0.25, 0.3) is 5.91 Å². The van der Waals surface area contributed by atoms with E-state index in [1.165, 1.54) is 11.8 Å². The summed E-state index contributed by atoms with van der Waals surface area (Å²) in [4.78, 5) is 35.4. The number of carbonyl (C=O) groups excluding carboxylic acids is 2. The molecule has 7 nitrogen and oxygen atoms in total. The second kappa shape index (κ2) is 9.84. The molecule has 9 heteroatoms. The summed E-state index contributed by atoms with van der Waals surface area (Å²) in [6.45, 7) is 0.293. The molecule has 0 aliphatic carbocycles. The second-order valence-electron chi connectivity index (χ2n) is 8.37. The van der Waals surface area contributed by atoms with Crippen molar-refractivity contribution in [2.75, 3.05) is 5.75 Å². The lowest BCUT2D eigenvalue weighted by Gasteiger charge is -2.10. The van der Waals surface area contributed by atoms with Crippen molar-refractivity contribution in [2.24, 2.45) is 0 Å². The van der Waals surface area contributed by atoms with Gasteiger partial charge in [-0.2, -0.15) is 0 Å². The van der Waals surface area contributed by atoms with Gasteiger partial charge in [-0.25, -0.2) is 9.97 Å². The number of Topliss-reactive ketones (excluding diaryl/α,β-unsaturated/α-hetero) is 1. The Kier molecular flexibility index (Phi) is 6.23. The molecule has 0 fully saturated rings. The van der Waals surface area contributed by atoms with Crippen molar-refractivity contribution in [3.05, 3.63) is 106 Å². The van der Waals surface area contributed by atoms with Gasteiger partial charge in [-0.3, -0.25) is 14.0 Å². The predicted molar refractivity (Wildman–Crippen MR) is 147 cm³/mol. The summed E-state index contributed by atoms with van der Waals surface area (Å²) in [5.74, 6) is 0.661. The van der Waals surface area contributed by atoms with Gasteiger partial charge in [-0.15, -0.1) is 0 Å². The Morgan fingerprint density at radius 3 is 2.54 bits per heavy atom. The number of nitrogens with zero attached hydrogens (tertiary/aromatic N) is 3. The van der Waals surface area contributed by atoms with Crippen LogP contribution in [0.1, 0.15) is 26.5 Å². The van der Waals surface area contributed by atoms with E-state index in [0.29, 0.717) is 34.1 Å². The lowest BCUT2D eigenvalue weighted by molar-refractivity contribution is 0.0947. The Bertz CT molecular complexity index is 1780. The van der Waals surface area contributed by atoms with Gasteiger partial charge in [-0.1, -0.05) is 52.0 Å². The molecule has 3 aromatic carbocycles. The van der Waals surface area contributed by atoms with E-state index in [1.807, 2.05) is 46.9 Å². The number of hydrogen-bond donors (Lipinski definition) is 1. The number of thioether (sulfide) groups is 1. The molecule has 0 bridgehead atoms. The van der Waals surface area contributed by atoms with Crippen molar-refractivity contribution in [1.29, 1.82) is 0 Å². The van der Waals surface area contributed by atoms with Gasteiger partial charge in [0.1, 0.15) is 11.4 Å². The number of fused-ring (bicyclic) bond motifs is 5. The van der Waals surface area contributed by atoms with Gasteiger partial charge in [0, 0.05) is 21.0 Å². The van der Waals surface area contributed by atoms with Crippen LogP contribution >= 0.6 is 27.7 Å². The highest BCUT2D eigenvalue weighted by atomic mass is 79.9. The number of furan rings is 1. The number of aromatic nitrogens is 3. The summed E-state index contributed by atoms with van der Waals surface area (Å²) in [5.41, 5.74) is 4.22. The van der Waals surface area contributed by atoms with E-state index in [1.54, 1.807) is 42.7 Å². The minimum absolute atomic E-state index is 0.00280. The van der Waals surface area contributed by atoms with E-state index in [9.17, 15) is 9.59 Å². The molecule has 37 heavy (non-hydrogen) atoms. The van der Waals surface area contributed by atoms with E-state index >= 15 is 0 Å². The van der Waals surface area contributed by atoms with Gasteiger partial charge in [0.05, 0.1) is 35.1 Å². The number of nitrogens with one attached hydrogen (secondary N) is 1. The van der Waals surface area contributed by atoms with Crippen molar-refractivity contribution >= 4 is 67.0 Å². The van der Waals surface area contributed by atoms with Crippen LogP contribution in [0, 0.1) is 0 Å². The number of hydrogen-bond acceptors (Lipinski definition) is 6. The number of imidazole rings is 1. The number of amides is 1. The molecule has 0 saturated carbocycles. The Morgan fingerprint density at radius 1 is 0.919 bits per heavy atom. The molecule has 6 rings (SSSR count). The van der Waals surface area contributed by atoms with E-state index < -0.39 is 0 Å². The summed E-state index contributed by atoms with van der Waals surface area (Å²) in [7, 11) is 0. The second-order valence-corrected chi connectivity index (χ2v) is 10.2. The number of para-hydroxylation sites is 2. The summed E-state index contributed by atoms with van der Waals surface area (Å²) in [6, 6.07) is 24.1. The summed E-state index contributed by atoms with van der Waals surface area (Å²) >= 11 is 4.76. The minimum Gasteiger partial charge on any atom is -0.467 e. The molecular weight excluding hydrogens is 552 g/mol.